The van der Waals surface area contributed by atoms with E-state index in [-0.39, 0.29) is 26.4 Å². The number of aliphatic hydroxyl groups is 1. The fourth-order valence-electron chi connectivity index (χ4n) is 6.06. The highest BCUT2D eigenvalue weighted by atomic mass is 16.6. The maximum atomic E-state index is 11.3. The third kappa shape index (κ3) is 10.1. The number of aliphatic hydroxyl groups excluding tert-OH is 1. The number of esters is 1. The van der Waals surface area contributed by atoms with Gasteiger partial charge in [0.2, 0.25) is 0 Å². The molecular formula is C47H48O5. The van der Waals surface area contributed by atoms with Gasteiger partial charge in [0.25, 0.3) is 0 Å². The summed E-state index contributed by atoms with van der Waals surface area (Å²) in [5.74, 6) is 0.906. The second-order valence-corrected chi connectivity index (χ2v) is 12.1. The van der Waals surface area contributed by atoms with Crippen molar-refractivity contribution >= 4 is 5.97 Å². The van der Waals surface area contributed by atoms with Gasteiger partial charge in [0.1, 0.15) is 25.6 Å². The van der Waals surface area contributed by atoms with E-state index >= 15 is 0 Å². The lowest BCUT2D eigenvalue weighted by atomic mass is 9.67. The van der Waals surface area contributed by atoms with Gasteiger partial charge in [-0.3, -0.25) is 0 Å². The fourth-order valence-corrected chi connectivity index (χ4v) is 6.06. The molecule has 1 aliphatic rings. The van der Waals surface area contributed by atoms with Crippen molar-refractivity contribution in [2.45, 2.75) is 26.2 Å². The normalized spacial score (nSPS) is 12.4. The molecule has 6 rings (SSSR count). The van der Waals surface area contributed by atoms with Crippen molar-refractivity contribution in [3.63, 3.8) is 0 Å². The number of allylic oxidation sites excluding steroid dienone is 5. The average Bonchev–Trinajstić information content (AvgIpc) is 3.48. The van der Waals surface area contributed by atoms with Crippen LogP contribution in [0.2, 0.25) is 0 Å². The molecule has 5 aromatic carbocycles. The number of hydrogen-bond acceptors (Lipinski definition) is 5. The summed E-state index contributed by atoms with van der Waals surface area (Å²) in [6.45, 7) is 14.2. The highest BCUT2D eigenvalue weighted by molar-refractivity contribution is 5.86. The lowest BCUT2D eigenvalue weighted by molar-refractivity contribution is -0.138. The first-order chi connectivity index (χ1) is 25.3. The number of ether oxygens (including phenoxy) is 3. The first kappa shape index (κ1) is 38.9. The average molecular weight is 693 g/mol. The van der Waals surface area contributed by atoms with Crippen LogP contribution in [-0.4, -0.2) is 37.5 Å². The molecule has 1 aliphatic carbocycles. The summed E-state index contributed by atoms with van der Waals surface area (Å²) >= 11 is 0. The lowest BCUT2D eigenvalue weighted by Crippen LogP contribution is -2.29. The van der Waals surface area contributed by atoms with Crippen LogP contribution >= 0.6 is 0 Å². The van der Waals surface area contributed by atoms with Crippen LogP contribution in [0.4, 0.5) is 0 Å². The topological polar surface area (TPSA) is 65.0 Å². The van der Waals surface area contributed by atoms with Gasteiger partial charge in [-0.25, -0.2) is 4.79 Å². The maximum absolute atomic E-state index is 11.3. The maximum Gasteiger partial charge on any atom is 0.330 e. The van der Waals surface area contributed by atoms with Crippen LogP contribution in [0.25, 0.3) is 11.1 Å². The Balaban J connectivity index is 0.000000356. The summed E-state index contributed by atoms with van der Waals surface area (Å²) in [5.41, 5.74) is 8.78. The van der Waals surface area contributed by atoms with Crippen LogP contribution in [0.5, 0.6) is 5.75 Å². The summed E-state index contributed by atoms with van der Waals surface area (Å²) in [7, 11) is 0. The minimum absolute atomic E-state index is 0.0427. The Hall–Kier alpha value is -5.91. The van der Waals surface area contributed by atoms with E-state index in [0.717, 1.165) is 17.2 Å². The molecule has 0 bridgehead atoms. The Bertz CT molecular complexity index is 1860. The quantitative estimate of drug-likeness (QED) is 0.0464. The zero-order valence-electron chi connectivity index (χ0n) is 30.3. The van der Waals surface area contributed by atoms with E-state index in [9.17, 15) is 4.79 Å². The monoisotopic (exact) mass is 692 g/mol. The van der Waals surface area contributed by atoms with E-state index < -0.39 is 11.4 Å². The van der Waals surface area contributed by atoms with Crippen molar-refractivity contribution in [2.24, 2.45) is 0 Å². The van der Waals surface area contributed by atoms with Crippen LogP contribution in [-0.2, 0) is 19.7 Å². The predicted molar refractivity (Wildman–Crippen MR) is 212 cm³/mol. The molecule has 0 saturated carbocycles. The van der Waals surface area contributed by atoms with E-state index in [2.05, 4.69) is 112 Å². The number of benzene rings is 5. The van der Waals surface area contributed by atoms with Crippen molar-refractivity contribution in [3.05, 3.63) is 210 Å². The van der Waals surface area contributed by atoms with Crippen molar-refractivity contribution in [1.29, 1.82) is 0 Å². The number of aryl methyl sites for hydroxylation is 2. The predicted octanol–water partition coefficient (Wildman–Crippen LogP) is 10.1. The van der Waals surface area contributed by atoms with Gasteiger partial charge < -0.3 is 19.3 Å². The SMILES string of the molecule is C=CC(=O)OCCOc1ccc(C2(/C(C=C)=C/C=C(\C)OCCO)c3ccccc3-c3ccccc32)cc1.Cc1ccccc1.Cc1ccccc1. The number of fused-ring (bicyclic) bond motifs is 3. The third-order valence-corrected chi connectivity index (χ3v) is 8.46. The molecule has 0 unspecified atom stereocenters. The Morgan fingerprint density at radius 3 is 1.62 bits per heavy atom. The second-order valence-electron chi connectivity index (χ2n) is 12.1. The van der Waals surface area contributed by atoms with Gasteiger partial charge in [-0.05, 0) is 72.4 Å². The first-order valence-electron chi connectivity index (χ1n) is 17.4. The van der Waals surface area contributed by atoms with E-state index in [1.807, 2.05) is 73.7 Å². The molecule has 0 aliphatic heterocycles. The van der Waals surface area contributed by atoms with Gasteiger partial charge in [-0.2, -0.15) is 0 Å². The van der Waals surface area contributed by atoms with Crippen molar-refractivity contribution in [2.75, 3.05) is 26.4 Å². The van der Waals surface area contributed by atoms with Crippen LogP contribution in [0, 0.1) is 13.8 Å². The molecule has 5 aromatic rings. The minimum atomic E-state index is -0.610. The highest BCUT2D eigenvalue weighted by Gasteiger charge is 2.46. The molecule has 0 saturated heterocycles. The molecule has 0 radical (unpaired) electrons. The number of carbonyl (C=O) groups excluding carboxylic acids is 1. The Labute approximate surface area is 308 Å². The largest absolute Gasteiger partial charge is 0.496 e. The van der Waals surface area contributed by atoms with E-state index in [4.69, 9.17) is 19.3 Å². The Morgan fingerprint density at radius 1 is 0.635 bits per heavy atom. The fraction of sp³-hybridized carbons (Fsp3) is 0.170. The molecule has 0 amide bonds. The molecule has 0 heterocycles. The van der Waals surface area contributed by atoms with Crippen LogP contribution in [0.3, 0.4) is 0 Å². The van der Waals surface area contributed by atoms with E-state index in [1.165, 1.54) is 33.4 Å². The zero-order valence-corrected chi connectivity index (χ0v) is 30.3. The number of rotatable bonds is 12. The third-order valence-electron chi connectivity index (χ3n) is 8.46. The summed E-state index contributed by atoms with van der Waals surface area (Å²) in [6.07, 6.45) is 6.98. The summed E-state index contributed by atoms with van der Waals surface area (Å²) in [6, 6.07) is 45.4. The number of carbonyl (C=O) groups is 1. The Morgan fingerprint density at radius 2 is 1.15 bits per heavy atom. The van der Waals surface area contributed by atoms with Gasteiger partial charge in [0, 0.05) is 6.08 Å². The minimum Gasteiger partial charge on any atom is -0.496 e. The smallest absolute Gasteiger partial charge is 0.330 e. The second kappa shape index (κ2) is 20.1. The molecule has 52 heavy (non-hydrogen) atoms. The number of hydrogen-bond donors (Lipinski definition) is 1. The standard InChI is InChI=1S/C33H32O5.2C7H8/c1-4-25(15-14-24(3)36-21-20-34)33(26-16-18-27(19-17-26)37-22-23-38-32(35)5-2)30-12-8-6-10-28(30)29-11-7-9-13-31(29)33;2*1-7-5-3-2-4-6-7/h4-19,34H,1-2,20-23H2,3H3;2*2-6H,1H3/b24-14+,25-15+;;. The van der Waals surface area contributed by atoms with Gasteiger partial charge in [0.15, 0.2) is 0 Å². The molecule has 0 aromatic heterocycles. The molecule has 266 valence electrons. The van der Waals surface area contributed by atoms with Crippen molar-refractivity contribution < 1.29 is 24.1 Å². The highest BCUT2D eigenvalue weighted by Crippen LogP contribution is 2.56. The summed E-state index contributed by atoms with van der Waals surface area (Å²) in [5, 5.41) is 9.13. The lowest BCUT2D eigenvalue weighted by Gasteiger charge is -2.34. The van der Waals surface area contributed by atoms with Gasteiger partial charge in [-0.1, -0.05) is 158 Å². The zero-order chi connectivity index (χ0) is 37.2. The molecular weight excluding hydrogens is 645 g/mol. The van der Waals surface area contributed by atoms with Crippen LogP contribution < -0.4 is 4.74 Å². The Kier molecular flexibility index (Phi) is 15.0. The van der Waals surface area contributed by atoms with Gasteiger partial charge in [0.05, 0.1) is 17.8 Å². The summed E-state index contributed by atoms with van der Waals surface area (Å²) < 4.78 is 16.4. The van der Waals surface area contributed by atoms with Crippen molar-refractivity contribution in [3.8, 4) is 16.9 Å². The molecule has 0 fully saturated rings. The molecule has 5 nitrogen and oxygen atoms in total. The van der Waals surface area contributed by atoms with E-state index in [1.54, 1.807) is 0 Å². The van der Waals surface area contributed by atoms with Gasteiger partial charge in [-0.15, -0.1) is 0 Å². The van der Waals surface area contributed by atoms with Crippen molar-refractivity contribution in [1.82, 2.24) is 0 Å². The molecule has 1 N–H and O–H groups in total. The first-order valence-corrected chi connectivity index (χ1v) is 17.4. The molecule has 0 atom stereocenters. The van der Waals surface area contributed by atoms with Crippen LogP contribution in [0.1, 0.15) is 34.7 Å². The van der Waals surface area contributed by atoms with Crippen LogP contribution in [0.15, 0.2) is 182 Å². The van der Waals surface area contributed by atoms with Gasteiger partial charge >= 0.3 is 5.97 Å². The van der Waals surface area contributed by atoms with E-state index in [0.29, 0.717) is 11.5 Å². The molecule has 5 heteroatoms. The summed E-state index contributed by atoms with van der Waals surface area (Å²) in [4.78, 5) is 11.3. The molecule has 0 spiro atoms.